The van der Waals surface area contributed by atoms with Crippen molar-refractivity contribution >= 4 is 23.4 Å². The Morgan fingerprint density at radius 2 is 1.64 bits per heavy atom. The first-order valence-corrected chi connectivity index (χ1v) is 10.4. The van der Waals surface area contributed by atoms with Gasteiger partial charge in [-0.25, -0.2) is 4.79 Å². The van der Waals surface area contributed by atoms with Gasteiger partial charge in [0.15, 0.2) is 0 Å². The van der Waals surface area contributed by atoms with Gasteiger partial charge in [-0.15, -0.1) is 0 Å². The number of aliphatic hydroxyl groups is 2. The van der Waals surface area contributed by atoms with Crippen LogP contribution in [0.4, 0.5) is 0 Å². The summed E-state index contributed by atoms with van der Waals surface area (Å²) in [6.07, 6.45) is 0. The van der Waals surface area contributed by atoms with Crippen LogP contribution in [0.1, 0.15) is 27.5 Å². The van der Waals surface area contributed by atoms with E-state index in [0.29, 0.717) is 35.5 Å². The molecular weight excluding hydrogens is 428 g/mol. The van der Waals surface area contributed by atoms with E-state index >= 15 is 0 Å². The minimum Gasteiger partial charge on any atom is -0.507 e. The van der Waals surface area contributed by atoms with Gasteiger partial charge in [0.1, 0.15) is 11.5 Å². The lowest BCUT2D eigenvalue weighted by Gasteiger charge is -2.25. The first-order chi connectivity index (χ1) is 15.9. The number of nitrogens with zero attached hydrogens (tertiary/aromatic N) is 1. The predicted octanol–water partition coefficient (Wildman–Crippen LogP) is 1.49. The van der Waals surface area contributed by atoms with Crippen molar-refractivity contribution in [2.45, 2.75) is 6.04 Å². The highest BCUT2D eigenvalue weighted by molar-refractivity contribution is 6.46. The maximum atomic E-state index is 13.0. The summed E-state index contributed by atoms with van der Waals surface area (Å²) in [5.41, 5.74) is 1.19. The molecule has 9 nitrogen and oxygen atoms in total. The van der Waals surface area contributed by atoms with Gasteiger partial charge in [0.25, 0.3) is 11.7 Å². The van der Waals surface area contributed by atoms with E-state index < -0.39 is 23.7 Å². The second-order valence-corrected chi connectivity index (χ2v) is 7.31. The van der Waals surface area contributed by atoms with Crippen LogP contribution in [0, 0.1) is 0 Å². The van der Waals surface area contributed by atoms with Crippen molar-refractivity contribution in [3.05, 3.63) is 70.8 Å². The van der Waals surface area contributed by atoms with Gasteiger partial charge in [-0.2, -0.15) is 0 Å². The number of aliphatic hydroxyl groups excluding tert-OH is 2. The first-order valence-electron chi connectivity index (χ1n) is 10.4. The standard InChI is InChI=1S/C24H26N2O7/c1-32-18-9-7-16(8-10-18)21(28)19-20(15-3-5-17(6-4-15)24(31)33-2)26(23(30)22(19)29)13-11-25-12-14-27/h3-10,20,25,27-28H,11-14H2,1-2H3/b21-19-. The summed E-state index contributed by atoms with van der Waals surface area (Å²) in [5.74, 6) is -1.77. The lowest BCUT2D eigenvalue weighted by Crippen LogP contribution is -2.36. The lowest BCUT2D eigenvalue weighted by molar-refractivity contribution is -0.139. The third-order valence-electron chi connectivity index (χ3n) is 5.37. The van der Waals surface area contributed by atoms with Crippen molar-refractivity contribution in [3.63, 3.8) is 0 Å². The molecule has 0 spiro atoms. The summed E-state index contributed by atoms with van der Waals surface area (Å²) in [5, 5.41) is 23.0. The highest BCUT2D eigenvalue weighted by atomic mass is 16.5. The second kappa shape index (κ2) is 10.8. The van der Waals surface area contributed by atoms with Crippen LogP contribution in [0.15, 0.2) is 54.1 Å². The number of Topliss-reactive ketones (excluding diaryl/α,β-unsaturated/α-hetero) is 1. The minimum atomic E-state index is -0.852. The SMILES string of the molecule is COC(=O)c1ccc(C2/C(=C(/O)c3ccc(OC)cc3)C(=O)C(=O)N2CCNCCO)cc1. The first kappa shape index (κ1) is 24.0. The third-order valence-corrected chi connectivity index (χ3v) is 5.37. The van der Waals surface area contributed by atoms with E-state index in [4.69, 9.17) is 14.6 Å². The molecule has 1 amide bonds. The second-order valence-electron chi connectivity index (χ2n) is 7.31. The Kier molecular flexibility index (Phi) is 7.81. The van der Waals surface area contributed by atoms with Crippen molar-refractivity contribution in [1.82, 2.24) is 10.2 Å². The molecule has 1 unspecified atom stereocenters. The van der Waals surface area contributed by atoms with Crippen LogP contribution in [0.2, 0.25) is 0 Å². The molecule has 174 valence electrons. The highest BCUT2D eigenvalue weighted by Gasteiger charge is 2.45. The van der Waals surface area contributed by atoms with E-state index in [1.807, 2.05) is 0 Å². The quantitative estimate of drug-likeness (QED) is 0.171. The van der Waals surface area contributed by atoms with Gasteiger partial charge in [-0.05, 0) is 42.0 Å². The fourth-order valence-corrected chi connectivity index (χ4v) is 3.68. The topological polar surface area (TPSA) is 125 Å². The van der Waals surface area contributed by atoms with Gasteiger partial charge < -0.3 is 29.9 Å². The summed E-state index contributed by atoms with van der Waals surface area (Å²) in [6, 6.07) is 12.0. The third kappa shape index (κ3) is 5.05. The minimum absolute atomic E-state index is 0.0434. The number of hydrogen-bond acceptors (Lipinski definition) is 8. The number of nitrogens with one attached hydrogen (secondary N) is 1. The van der Waals surface area contributed by atoms with E-state index in [2.05, 4.69) is 5.32 Å². The van der Waals surface area contributed by atoms with Crippen molar-refractivity contribution < 1.29 is 34.1 Å². The number of esters is 1. The van der Waals surface area contributed by atoms with Crippen molar-refractivity contribution in [2.75, 3.05) is 40.5 Å². The smallest absolute Gasteiger partial charge is 0.337 e. The molecule has 0 saturated carbocycles. The van der Waals surface area contributed by atoms with Gasteiger partial charge in [-0.1, -0.05) is 12.1 Å². The van der Waals surface area contributed by atoms with E-state index in [-0.39, 0.29) is 24.5 Å². The molecule has 0 aromatic heterocycles. The number of carbonyl (C=O) groups excluding carboxylic acids is 3. The molecular formula is C24H26N2O7. The molecule has 3 rings (SSSR count). The molecule has 1 atom stereocenters. The zero-order valence-corrected chi connectivity index (χ0v) is 18.4. The number of methoxy groups -OCH3 is 2. The summed E-state index contributed by atoms with van der Waals surface area (Å²) in [7, 11) is 2.79. The molecule has 3 N–H and O–H groups in total. The average Bonchev–Trinajstić information content (AvgIpc) is 3.10. The molecule has 2 aromatic carbocycles. The Morgan fingerprint density at radius 3 is 2.21 bits per heavy atom. The normalized spacial score (nSPS) is 17.3. The average molecular weight is 454 g/mol. The molecule has 1 saturated heterocycles. The molecule has 2 aromatic rings. The predicted molar refractivity (Wildman–Crippen MR) is 120 cm³/mol. The van der Waals surface area contributed by atoms with Crippen LogP contribution in [0.5, 0.6) is 5.75 Å². The highest BCUT2D eigenvalue weighted by Crippen LogP contribution is 2.39. The van der Waals surface area contributed by atoms with Crippen molar-refractivity contribution in [2.24, 2.45) is 0 Å². The van der Waals surface area contributed by atoms with Gasteiger partial charge in [0, 0.05) is 25.2 Å². The van der Waals surface area contributed by atoms with Crippen LogP contribution in [-0.4, -0.2) is 73.2 Å². The zero-order valence-electron chi connectivity index (χ0n) is 18.4. The number of ketones is 1. The lowest BCUT2D eigenvalue weighted by atomic mass is 9.94. The van der Waals surface area contributed by atoms with E-state index in [0.717, 1.165) is 0 Å². The molecule has 1 aliphatic heterocycles. The fraction of sp³-hybridized carbons (Fsp3) is 0.292. The Morgan fingerprint density at radius 1 is 1.00 bits per heavy atom. The molecule has 0 aliphatic carbocycles. The van der Waals surface area contributed by atoms with Crippen molar-refractivity contribution in [1.29, 1.82) is 0 Å². The van der Waals surface area contributed by atoms with Crippen LogP contribution < -0.4 is 10.1 Å². The van der Waals surface area contributed by atoms with E-state index in [9.17, 15) is 19.5 Å². The summed E-state index contributed by atoms with van der Waals surface area (Å²) in [6.45, 7) is 0.795. The Bertz CT molecular complexity index is 1050. The summed E-state index contributed by atoms with van der Waals surface area (Å²) < 4.78 is 9.86. The van der Waals surface area contributed by atoms with E-state index in [1.54, 1.807) is 48.5 Å². The number of benzene rings is 2. The molecule has 1 heterocycles. The van der Waals surface area contributed by atoms with Crippen LogP contribution in [-0.2, 0) is 14.3 Å². The number of hydrogen-bond donors (Lipinski definition) is 3. The van der Waals surface area contributed by atoms with Gasteiger partial charge >= 0.3 is 5.97 Å². The van der Waals surface area contributed by atoms with Crippen LogP contribution in [0.3, 0.4) is 0 Å². The summed E-state index contributed by atoms with van der Waals surface area (Å²) in [4.78, 5) is 39.0. The Labute approximate surface area is 191 Å². The fourth-order valence-electron chi connectivity index (χ4n) is 3.68. The molecule has 0 radical (unpaired) electrons. The largest absolute Gasteiger partial charge is 0.507 e. The van der Waals surface area contributed by atoms with Crippen LogP contribution >= 0.6 is 0 Å². The maximum absolute atomic E-state index is 13.0. The van der Waals surface area contributed by atoms with Gasteiger partial charge in [0.2, 0.25) is 0 Å². The van der Waals surface area contributed by atoms with Crippen molar-refractivity contribution in [3.8, 4) is 5.75 Å². The number of ether oxygens (including phenoxy) is 2. The number of amides is 1. The molecule has 0 bridgehead atoms. The number of likely N-dealkylation sites (tertiary alicyclic amines) is 1. The van der Waals surface area contributed by atoms with Gasteiger partial charge in [0.05, 0.1) is 38.0 Å². The molecule has 1 fully saturated rings. The number of rotatable bonds is 9. The number of carbonyl (C=O) groups is 3. The molecule has 33 heavy (non-hydrogen) atoms. The Balaban J connectivity index is 2.05. The molecule has 9 heteroatoms. The van der Waals surface area contributed by atoms with Crippen LogP contribution in [0.25, 0.3) is 5.76 Å². The monoisotopic (exact) mass is 454 g/mol. The zero-order chi connectivity index (χ0) is 24.0. The van der Waals surface area contributed by atoms with Gasteiger partial charge in [-0.3, -0.25) is 9.59 Å². The Hall–Kier alpha value is -3.69. The summed E-state index contributed by atoms with van der Waals surface area (Å²) >= 11 is 0. The molecule has 1 aliphatic rings. The van der Waals surface area contributed by atoms with E-state index in [1.165, 1.54) is 19.1 Å². The maximum Gasteiger partial charge on any atom is 0.337 e.